The standard InChI is InChI=1S/C18H27N7O2/c1-2-4-15-22-17(27-23-15)6-5-16(26)19-9-10-24-11-13-25(14-12-24)18-20-7-3-8-21-18/h3,7-8H,2,4-6,9-14H2,1H3,(H,19,26). The van der Waals surface area contributed by atoms with Crippen LogP contribution >= 0.6 is 0 Å². The Bertz CT molecular complexity index is 699. The van der Waals surface area contributed by atoms with Crippen molar-refractivity contribution in [3.05, 3.63) is 30.2 Å². The third-order valence-corrected chi connectivity index (χ3v) is 4.51. The number of anilines is 1. The molecule has 0 unspecified atom stereocenters. The molecule has 0 spiro atoms. The molecule has 9 heteroatoms. The molecule has 0 saturated carbocycles. The van der Waals surface area contributed by atoms with Crippen molar-refractivity contribution in [3.63, 3.8) is 0 Å². The van der Waals surface area contributed by atoms with Crippen LogP contribution in [0.2, 0.25) is 0 Å². The molecule has 1 aliphatic rings. The zero-order chi connectivity index (χ0) is 18.9. The van der Waals surface area contributed by atoms with Gasteiger partial charge in [0.25, 0.3) is 0 Å². The van der Waals surface area contributed by atoms with Gasteiger partial charge < -0.3 is 14.7 Å². The van der Waals surface area contributed by atoms with Crippen LogP contribution in [0.25, 0.3) is 0 Å². The molecular weight excluding hydrogens is 346 g/mol. The first-order valence-electron chi connectivity index (χ1n) is 9.57. The fourth-order valence-corrected chi connectivity index (χ4v) is 3.01. The number of rotatable bonds is 9. The van der Waals surface area contributed by atoms with E-state index in [9.17, 15) is 4.79 Å². The number of carbonyl (C=O) groups is 1. The third kappa shape index (κ3) is 5.99. The summed E-state index contributed by atoms with van der Waals surface area (Å²) in [6, 6.07) is 1.82. The summed E-state index contributed by atoms with van der Waals surface area (Å²) in [5.74, 6) is 2.05. The van der Waals surface area contributed by atoms with Gasteiger partial charge >= 0.3 is 0 Å². The Kier molecular flexibility index (Phi) is 7.09. The fourth-order valence-electron chi connectivity index (χ4n) is 3.01. The summed E-state index contributed by atoms with van der Waals surface area (Å²) in [4.78, 5) is 29.4. The highest BCUT2D eigenvalue weighted by molar-refractivity contribution is 5.75. The SMILES string of the molecule is CCCc1noc(CCC(=O)NCCN2CCN(c3ncccn3)CC2)n1. The topological polar surface area (TPSA) is 100 Å². The highest BCUT2D eigenvalue weighted by Gasteiger charge is 2.18. The van der Waals surface area contributed by atoms with E-state index in [4.69, 9.17) is 4.52 Å². The molecule has 3 heterocycles. The lowest BCUT2D eigenvalue weighted by Gasteiger charge is -2.34. The summed E-state index contributed by atoms with van der Waals surface area (Å²) in [6.45, 7) is 7.23. The van der Waals surface area contributed by atoms with Crippen LogP contribution in [-0.2, 0) is 17.6 Å². The molecule has 27 heavy (non-hydrogen) atoms. The Morgan fingerprint density at radius 2 is 1.96 bits per heavy atom. The number of amides is 1. The number of nitrogens with one attached hydrogen (secondary N) is 1. The number of aryl methyl sites for hydroxylation is 2. The molecule has 9 nitrogen and oxygen atoms in total. The maximum atomic E-state index is 12.0. The van der Waals surface area contributed by atoms with Crippen molar-refractivity contribution >= 4 is 11.9 Å². The highest BCUT2D eigenvalue weighted by atomic mass is 16.5. The van der Waals surface area contributed by atoms with Crippen molar-refractivity contribution in [2.75, 3.05) is 44.2 Å². The van der Waals surface area contributed by atoms with Crippen LogP contribution in [0.4, 0.5) is 5.95 Å². The van der Waals surface area contributed by atoms with E-state index in [1.54, 1.807) is 12.4 Å². The van der Waals surface area contributed by atoms with Gasteiger partial charge in [0.2, 0.25) is 17.7 Å². The molecule has 2 aromatic heterocycles. The molecule has 1 N–H and O–H groups in total. The molecule has 2 aromatic rings. The van der Waals surface area contributed by atoms with E-state index < -0.39 is 0 Å². The number of aromatic nitrogens is 4. The zero-order valence-corrected chi connectivity index (χ0v) is 15.8. The summed E-state index contributed by atoms with van der Waals surface area (Å²) >= 11 is 0. The molecule has 1 amide bonds. The van der Waals surface area contributed by atoms with E-state index >= 15 is 0 Å². The van der Waals surface area contributed by atoms with E-state index in [2.05, 4.69) is 42.1 Å². The van der Waals surface area contributed by atoms with Crippen LogP contribution < -0.4 is 10.2 Å². The number of piperazine rings is 1. The Morgan fingerprint density at radius 1 is 1.19 bits per heavy atom. The van der Waals surface area contributed by atoms with Gasteiger partial charge in [0.15, 0.2) is 5.82 Å². The smallest absolute Gasteiger partial charge is 0.227 e. The minimum Gasteiger partial charge on any atom is -0.355 e. The van der Waals surface area contributed by atoms with Gasteiger partial charge in [0.1, 0.15) is 0 Å². The van der Waals surface area contributed by atoms with Crippen molar-refractivity contribution in [3.8, 4) is 0 Å². The second kappa shape index (κ2) is 9.96. The van der Waals surface area contributed by atoms with Crippen LogP contribution in [0.3, 0.4) is 0 Å². The monoisotopic (exact) mass is 373 g/mol. The Morgan fingerprint density at radius 3 is 2.70 bits per heavy atom. The maximum Gasteiger partial charge on any atom is 0.227 e. The summed E-state index contributed by atoms with van der Waals surface area (Å²) in [5.41, 5.74) is 0. The fraction of sp³-hybridized carbons (Fsp3) is 0.611. The van der Waals surface area contributed by atoms with Crippen LogP contribution in [0.5, 0.6) is 0 Å². The average Bonchev–Trinajstić information content (AvgIpc) is 3.15. The minimum atomic E-state index is 0.0153. The van der Waals surface area contributed by atoms with Gasteiger partial charge in [-0.1, -0.05) is 12.1 Å². The predicted molar refractivity (Wildman–Crippen MR) is 100 cm³/mol. The molecule has 0 aliphatic carbocycles. The highest BCUT2D eigenvalue weighted by Crippen LogP contribution is 2.09. The zero-order valence-electron chi connectivity index (χ0n) is 15.8. The van der Waals surface area contributed by atoms with Crippen molar-refractivity contribution in [1.82, 2.24) is 30.3 Å². The van der Waals surface area contributed by atoms with Crippen molar-refractivity contribution in [2.45, 2.75) is 32.6 Å². The number of carbonyl (C=O) groups excluding carboxylic acids is 1. The van der Waals surface area contributed by atoms with Gasteiger partial charge in [0.05, 0.1) is 0 Å². The van der Waals surface area contributed by atoms with Crippen LogP contribution in [-0.4, -0.2) is 70.2 Å². The van der Waals surface area contributed by atoms with Gasteiger partial charge in [-0.2, -0.15) is 4.98 Å². The van der Waals surface area contributed by atoms with Crippen molar-refractivity contribution in [2.24, 2.45) is 0 Å². The molecular formula is C18H27N7O2. The minimum absolute atomic E-state index is 0.0153. The Labute approximate surface area is 159 Å². The van der Waals surface area contributed by atoms with Crippen molar-refractivity contribution in [1.29, 1.82) is 0 Å². The lowest BCUT2D eigenvalue weighted by atomic mass is 10.3. The van der Waals surface area contributed by atoms with Gasteiger partial charge in [-0.3, -0.25) is 9.69 Å². The van der Waals surface area contributed by atoms with E-state index in [0.29, 0.717) is 31.1 Å². The van der Waals surface area contributed by atoms with Crippen LogP contribution in [0.15, 0.2) is 23.0 Å². The quantitative estimate of drug-likeness (QED) is 0.685. The van der Waals surface area contributed by atoms with E-state index in [1.807, 2.05) is 6.07 Å². The Hall–Kier alpha value is -2.55. The molecule has 1 fully saturated rings. The van der Waals surface area contributed by atoms with Crippen LogP contribution in [0.1, 0.15) is 31.5 Å². The maximum absolute atomic E-state index is 12.0. The Balaban J connectivity index is 1.29. The van der Waals surface area contributed by atoms with Gasteiger partial charge in [0, 0.05) is 70.9 Å². The first-order valence-corrected chi connectivity index (χ1v) is 9.57. The average molecular weight is 373 g/mol. The third-order valence-electron chi connectivity index (χ3n) is 4.51. The molecule has 0 atom stereocenters. The second-order valence-electron chi connectivity index (χ2n) is 6.58. The normalized spacial score (nSPS) is 15.1. The summed E-state index contributed by atoms with van der Waals surface area (Å²) in [6.07, 6.45) is 6.17. The van der Waals surface area contributed by atoms with Gasteiger partial charge in [-0.25, -0.2) is 9.97 Å². The van der Waals surface area contributed by atoms with Gasteiger partial charge in [-0.05, 0) is 12.5 Å². The lowest BCUT2D eigenvalue weighted by molar-refractivity contribution is -0.121. The number of hydrogen-bond donors (Lipinski definition) is 1. The lowest BCUT2D eigenvalue weighted by Crippen LogP contribution is -2.49. The molecule has 146 valence electrons. The van der Waals surface area contributed by atoms with E-state index in [0.717, 1.165) is 51.5 Å². The molecule has 0 aromatic carbocycles. The van der Waals surface area contributed by atoms with E-state index in [-0.39, 0.29) is 5.91 Å². The summed E-state index contributed by atoms with van der Waals surface area (Å²) in [5, 5.41) is 6.86. The summed E-state index contributed by atoms with van der Waals surface area (Å²) < 4.78 is 5.15. The molecule has 3 rings (SSSR count). The number of hydrogen-bond acceptors (Lipinski definition) is 8. The molecule has 0 radical (unpaired) electrons. The largest absolute Gasteiger partial charge is 0.355 e. The molecule has 1 saturated heterocycles. The molecule has 1 aliphatic heterocycles. The first kappa shape index (κ1) is 19.2. The molecule has 0 bridgehead atoms. The van der Waals surface area contributed by atoms with Crippen LogP contribution in [0, 0.1) is 0 Å². The summed E-state index contributed by atoms with van der Waals surface area (Å²) in [7, 11) is 0. The first-order chi connectivity index (χ1) is 13.2. The predicted octanol–water partition coefficient (Wildman–Crippen LogP) is 0.683. The van der Waals surface area contributed by atoms with Crippen molar-refractivity contribution < 1.29 is 9.32 Å². The van der Waals surface area contributed by atoms with E-state index in [1.165, 1.54) is 0 Å². The number of nitrogens with zero attached hydrogens (tertiary/aromatic N) is 6. The second-order valence-corrected chi connectivity index (χ2v) is 6.58. The van der Waals surface area contributed by atoms with Gasteiger partial charge in [-0.15, -0.1) is 0 Å².